The molecule has 0 aliphatic rings. The van der Waals surface area contributed by atoms with Gasteiger partial charge >= 0.3 is 0 Å². The lowest BCUT2D eigenvalue weighted by Crippen LogP contribution is -2.10. The highest BCUT2D eigenvalue weighted by atomic mass is 15.1. The maximum absolute atomic E-state index is 9.44. The summed E-state index contributed by atoms with van der Waals surface area (Å²) in [4.78, 5) is 4.83. The van der Waals surface area contributed by atoms with E-state index in [1.165, 1.54) is 32.9 Å². The van der Waals surface area contributed by atoms with E-state index in [0.717, 1.165) is 33.3 Å². The largest absolute Gasteiger partial charge is 0.307 e. The van der Waals surface area contributed by atoms with Gasteiger partial charge in [-0.2, -0.15) is 5.26 Å². The van der Waals surface area contributed by atoms with Crippen LogP contribution in [0.3, 0.4) is 0 Å². The lowest BCUT2D eigenvalue weighted by atomic mass is 9.85. The van der Waals surface area contributed by atoms with E-state index >= 15 is 0 Å². The summed E-state index contributed by atoms with van der Waals surface area (Å²) in [6.07, 6.45) is 1.86. The number of benzene rings is 4. The highest BCUT2D eigenvalue weighted by Gasteiger charge is 2.23. The molecule has 0 bridgehead atoms. The Labute approximate surface area is 246 Å². The molecule has 7 aromatic rings. The number of nitrogens with zero attached hydrogens (tertiary/aromatic N) is 4. The quantitative estimate of drug-likeness (QED) is 0.217. The molecule has 0 amide bonds. The van der Waals surface area contributed by atoms with Crippen molar-refractivity contribution in [1.29, 1.82) is 5.26 Å². The van der Waals surface area contributed by atoms with Crippen LogP contribution in [0.2, 0.25) is 0 Å². The van der Waals surface area contributed by atoms with Crippen molar-refractivity contribution in [3.8, 4) is 17.4 Å². The van der Waals surface area contributed by atoms with E-state index < -0.39 is 0 Å². The Morgan fingerprint density at radius 2 is 1.24 bits per heavy atom. The predicted octanol–water partition coefficient (Wildman–Crippen LogP) is 9.74. The normalized spacial score (nSPS) is 12.5. The zero-order valence-electron chi connectivity index (χ0n) is 25.0. The minimum absolute atomic E-state index is 0.0396. The number of hydrogen-bond acceptors (Lipinski definition) is 2. The van der Waals surface area contributed by atoms with E-state index in [0.29, 0.717) is 5.56 Å². The molecular formula is C38H34N4. The van der Waals surface area contributed by atoms with E-state index in [1.807, 2.05) is 36.5 Å². The number of nitriles is 1. The van der Waals surface area contributed by atoms with Gasteiger partial charge in [-0.3, -0.25) is 4.98 Å². The first-order valence-corrected chi connectivity index (χ1v) is 14.5. The van der Waals surface area contributed by atoms with Gasteiger partial charge in [0.15, 0.2) is 0 Å². The summed E-state index contributed by atoms with van der Waals surface area (Å²) in [5, 5.41) is 13.1. The van der Waals surface area contributed by atoms with Gasteiger partial charge in [-0.15, -0.1) is 0 Å². The highest BCUT2D eigenvalue weighted by molar-refractivity contribution is 6.14. The summed E-state index contributed by atoms with van der Waals surface area (Å²) in [5.41, 5.74) is 10.9. The van der Waals surface area contributed by atoms with Crippen LogP contribution in [0.15, 0.2) is 97.2 Å². The maximum atomic E-state index is 9.44. The van der Waals surface area contributed by atoms with Crippen molar-refractivity contribution < 1.29 is 0 Å². The molecule has 0 spiro atoms. The van der Waals surface area contributed by atoms with Gasteiger partial charge in [0.05, 0.1) is 44.9 Å². The fourth-order valence-corrected chi connectivity index (χ4v) is 6.21. The average Bonchev–Trinajstić information content (AvgIpc) is 3.49. The third-order valence-corrected chi connectivity index (χ3v) is 8.51. The van der Waals surface area contributed by atoms with Crippen LogP contribution in [0.5, 0.6) is 0 Å². The molecule has 3 heterocycles. The minimum atomic E-state index is 0.0396. The van der Waals surface area contributed by atoms with Crippen LogP contribution in [0.4, 0.5) is 0 Å². The molecule has 0 saturated heterocycles. The molecule has 0 saturated carbocycles. The van der Waals surface area contributed by atoms with Crippen LogP contribution < -0.4 is 0 Å². The van der Waals surface area contributed by atoms with Gasteiger partial charge in [0, 0.05) is 28.0 Å². The summed E-state index contributed by atoms with van der Waals surface area (Å²) in [6, 6.07) is 34.6. The summed E-state index contributed by atoms with van der Waals surface area (Å²) >= 11 is 0. The molecule has 0 aliphatic carbocycles. The standard InChI is InChI=1S/C38H34N4/c1-37(2,3)25-14-18-31-29(21-25)30-22-26(38(4,5)6)15-19-32(30)42(31)34-10-7-9-28-35-33(11-8-20-40-35)41(36(28)34)27-16-12-24(23-39)13-17-27/h7-22H,1-6H3. The predicted molar refractivity (Wildman–Crippen MR) is 175 cm³/mol. The van der Waals surface area contributed by atoms with Gasteiger partial charge in [0.1, 0.15) is 0 Å². The molecule has 206 valence electrons. The third kappa shape index (κ3) is 3.92. The number of rotatable bonds is 2. The monoisotopic (exact) mass is 546 g/mol. The topological polar surface area (TPSA) is 46.5 Å². The molecule has 4 heteroatoms. The van der Waals surface area contributed by atoms with Gasteiger partial charge < -0.3 is 9.13 Å². The number of para-hydroxylation sites is 1. The SMILES string of the molecule is CC(C)(C)c1ccc2c(c1)c1cc(C(C)(C)C)ccc1n2-c1cccc2c3ncccc3n(-c3ccc(C#N)cc3)c12. The van der Waals surface area contributed by atoms with E-state index in [-0.39, 0.29) is 10.8 Å². The second-order valence-corrected chi connectivity index (χ2v) is 13.3. The lowest BCUT2D eigenvalue weighted by Gasteiger charge is -2.19. The number of hydrogen-bond donors (Lipinski definition) is 0. The van der Waals surface area contributed by atoms with Crippen molar-refractivity contribution in [3.63, 3.8) is 0 Å². The Balaban J connectivity index is 1.64. The Morgan fingerprint density at radius 1 is 0.619 bits per heavy atom. The van der Waals surface area contributed by atoms with Crippen molar-refractivity contribution in [1.82, 2.24) is 14.1 Å². The Hall–Kier alpha value is -4.88. The molecule has 0 atom stereocenters. The van der Waals surface area contributed by atoms with Gasteiger partial charge in [0.2, 0.25) is 0 Å². The Morgan fingerprint density at radius 3 is 1.81 bits per heavy atom. The highest BCUT2D eigenvalue weighted by Crippen LogP contribution is 2.41. The summed E-state index contributed by atoms with van der Waals surface area (Å²) in [6.45, 7) is 13.7. The van der Waals surface area contributed by atoms with Crippen LogP contribution in [-0.2, 0) is 10.8 Å². The van der Waals surface area contributed by atoms with Crippen LogP contribution in [0, 0.1) is 11.3 Å². The van der Waals surface area contributed by atoms with E-state index in [4.69, 9.17) is 4.98 Å². The molecule has 0 radical (unpaired) electrons. The summed E-state index contributed by atoms with van der Waals surface area (Å²) < 4.78 is 4.71. The second-order valence-electron chi connectivity index (χ2n) is 13.3. The lowest BCUT2D eigenvalue weighted by molar-refractivity contribution is 0.590. The molecule has 0 fully saturated rings. The van der Waals surface area contributed by atoms with E-state index in [2.05, 4.69) is 117 Å². The fraction of sp³-hybridized carbons (Fsp3) is 0.211. The van der Waals surface area contributed by atoms with Gasteiger partial charge in [-0.25, -0.2) is 0 Å². The summed E-state index contributed by atoms with van der Waals surface area (Å²) in [5.74, 6) is 0. The minimum Gasteiger partial charge on any atom is -0.307 e. The number of fused-ring (bicyclic) bond motifs is 6. The van der Waals surface area contributed by atoms with Gasteiger partial charge in [0.25, 0.3) is 0 Å². The first kappa shape index (κ1) is 26.0. The molecule has 0 aliphatic heterocycles. The van der Waals surface area contributed by atoms with Crippen LogP contribution in [0.25, 0.3) is 55.1 Å². The van der Waals surface area contributed by atoms with Crippen LogP contribution >= 0.6 is 0 Å². The Kier molecular flexibility index (Phi) is 5.62. The Bertz CT molecular complexity index is 2130. The van der Waals surface area contributed by atoms with Crippen molar-refractivity contribution in [3.05, 3.63) is 114 Å². The molecule has 7 rings (SSSR count). The van der Waals surface area contributed by atoms with Crippen molar-refractivity contribution in [2.45, 2.75) is 52.4 Å². The number of pyridine rings is 1. The van der Waals surface area contributed by atoms with E-state index in [9.17, 15) is 5.26 Å². The van der Waals surface area contributed by atoms with Crippen molar-refractivity contribution in [2.75, 3.05) is 0 Å². The van der Waals surface area contributed by atoms with Crippen molar-refractivity contribution >= 4 is 43.7 Å². The molecule has 4 nitrogen and oxygen atoms in total. The van der Waals surface area contributed by atoms with Crippen LogP contribution in [0.1, 0.15) is 58.2 Å². The molecule has 0 N–H and O–H groups in total. The molecule has 0 unspecified atom stereocenters. The molecule has 4 aromatic carbocycles. The average molecular weight is 547 g/mol. The van der Waals surface area contributed by atoms with Crippen molar-refractivity contribution in [2.24, 2.45) is 0 Å². The zero-order chi connectivity index (χ0) is 29.4. The first-order chi connectivity index (χ1) is 20.1. The molecule has 3 aromatic heterocycles. The fourth-order valence-electron chi connectivity index (χ4n) is 6.21. The smallest absolute Gasteiger partial charge is 0.0991 e. The van der Waals surface area contributed by atoms with Crippen LogP contribution in [-0.4, -0.2) is 14.1 Å². The number of aromatic nitrogens is 3. The molecular weight excluding hydrogens is 512 g/mol. The molecule has 42 heavy (non-hydrogen) atoms. The maximum Gasteiger partial charge on any atom is 0.0991 e. The second kappa shape index (κ2) is 9.06. The summed E-state index contributed by atoms with van der Waals surface area (Å²) in [7, 11) is 0. The zero-order valence-corrected chi connectivity index (χ0v) is 25.0. The van der Waals surface area contributed by atoms with E-state index in [1.54, 1.807) is 0 Å². The third-order valence-electron chi connectivity index (χ3n) is 8.51. The first-order valence-electron chi connectivity index (χ1n) is 14.5. The van der Waals surface area contributed by atoms with Gasteiger partial charge in [-0.05, 0) is 88.7 Å². The van der Waals surface area contributed by atoms with Gasteiger partial charge in [-0.1, -0.05) is 65.8 Å².